The average Bonchev–Trinajstić information content (AvgIpc) is 2.41. The highest BCUT2D eigenvalue weighted by atomic mass is 19.1. The maximum absolute atomic E-state index is 13.6. The highest BCUT2D eigenvalue weighted by Gasteiger charge is 2.40. The Morgan fingerprint density at radius 1 is 1.19 bits per heavy atom. The van der Waals surface area contributed by atoms with Crippen LogP contribution in [-0.4, -0.2) is 11.9 Å². The number of carbonyl (C=O) groups is 1. The van der Waals surface area contributed by atoms with E-state index in [0.717, 1.165) is 37.8 Å². The van der Waals surface area contributed by atoms with E-state index in [-0.39, 0.29) is 23.6 Å². The summed E-state index contributed by atoms with van der Waals surface area (Å²) in [5, 5.41) is 2.59. The Labute approximate surface area is 122 Å². The minimum atomic E-state index is -0.740. The highest BCUT2D eigenvalue weighted by molar-refractivity contribution is 5.92. The van der Waals surface area contributed by atoms with Crippen LogP contribution in [0.1, 0.15) is 32.1 Å². The smallest absolute Gasteiger partial charge is 0.227 e. The van der Waals surface area contributed by atoms with E-state index in [4.69, 9.17) is 5.73 Å². The molecule has 0 aromatic heterocycles. The van der Waals surface area contributed by atoms with Crippen LogP contribution in [-0.2, 0) is 4.79 Å². The predicted molar refractivity (Wildman–Crippen MR) is 76.5 cm³/mol. The highest BCUT2D eigenvalue weighted by Crippen LogP contribution is 2.42. The SMILES string of the molecule is NC1C2CCCC1CC(C(=O)Nc1ccc(F)cc1F)C2. The molecule has 2 aliphatic rings. The second-order valence-corrected chi connectivity index (χ2v) is 6.31. The molecule has 5 heteroatoms. The lowest BCUT2D eigenvalue weighted by Gasteiger charge is -2.43. The number of fused-ring (bicyclic) bond motifs is 2. The molecule has 2 bridgehead atoms. The van der Waals surface area contributed by atoms with Gasteiger partial charge in [-0.05, 0) is 49.7 Å². The zero-order valence-corrected chi connectivity index (χ0v) is 11.8. The van der Waals surface area contributed by atoms with Crippen LogP contribution < -0.4 is 11.1 Å². The molecule has 0 radical (unpaired) electrons. The van der Waals surface area contributed by atoms with Gasteiger partial charge in [0.05, 0.1) is 5.69 Å². The van der Waals surface area contributed by atoms with Crippen molar-refractivity contribution in [2.24, 2.45) is 23.5 Å². The van der Waals surface area contributed by atoms with Crippen molar-refractivity contribution >= 4 is 11.6 Å². The van der Waals surface area contributed by atoms with Gasteiger partial charge in [0.2, 0.25) is 5.91 Å². The Balaban J connectivity index is 1.68. The summed E-state index contributed by atoms with van der Waals surface area (Å²) in [5.41, 5.74) is 6.25. The largest absolute Gasteiger partial charge is 0.327 e. The second-order valence-electron chi connectivity index (χ2n) is 6.31. The van der Waals surface area contributed by atoms with Crippen LogP contribution in [0.25, 0.3) is 0 Å². The molecule has 2 atom stereocenters. The molecule has 2 fully saturated rings. The van der Waals surface area contributed by atoms with Gasteiger partial charge in [0.25, 0.3) is 0 Å². The number of rotatable bonds is 2. The molecule has 3 N–H and O–H groups in total. The van der Waals surface area contributed by atoms with Gasteiger partial charge in [0.1, 0.15) is 11.6 Å². The van der Waals surface area contributed by atoms with Crippen molar-refractivity contribution in [2.75, 3.05) is 5.32 Å². The first-order chi connectivity index (χ1) is 10.0. The lowest BCUT2D eigenvalue weighted by atomic mass is 9.65. The Morgan fingerprint density at radius 2 is 1.86 bits per heavy atom. The molecule has 1 aromatic carbocycles. The van der Waals surface area contributed by atoms with Crippen molar-refractivity contribution in [2.45, 2.75) is 38.1 Å². The van der Waals surface area contributed by atoms with Gasteiger partial charge in [-0.15, -0.1) is 0 Å². The average molecular weight is 294 g/mol. The third-order valence-electron chi connectivity index (χ3n) is 4.97. The zero-order chi connectivity index (χ0) is 15.0. The van der Waals surface area contributed by atoms with Gasteiger partial charge in [-0.25, -0.2) is 8.78 Å². The van der Waals surface area contributed by atoms with Crippen molar-refractivity contribution in [1.82, 2.24) is 0 Å². The second kappa shape index (κ2) is 5.72. The maximum atomic E-state index is 13.6. The predicted octanol–water partition coefficient (Wildman–Crippen LogP) is 3.06. The van der Waals surface area contributed by atoms with Gasteiger partial charge in [-0.2, -0.15) is 0 Å². The summed E-state index contributed by atoms with van der Waals surface area (Å²) in [6.45, 7) is 0. The van der Waals surface area contributed by atoms with Crippen molar-refractivity contribution in [3.63, 3.8) is 0 Å². The summed E-state index contributed by atoms with van der Waals surface area (Å²) < 4.78 is 26.5. The number of hydrogen-bond acceptors (Lipinski definition) is 2. The number of nitrogens with one attached hydrogen (secondary N) is 1. The first kappa shape index (κ1) is 14.4. The Bertz CT molecular complexity index is 535. The number of halogens is 2. The van der Waals surface area contributed by atoms with Crippen LogP contribution in [0.2, 0.25) is 0 Å². The summed E-state index contributed by atoms with van der Waals surface area (Å²) in [6, 6.07) is 3.38. The quantitative estimate of drug-likeness (QED) is 0.881. The van der Waals surface area contributed by atoms with Crippen LogP contribution in [0.3, 0.4) is 0 Å². The fourth-order valence-electron chi connectivity index (χ4n) is 3.83. The van der Waals surface area contributed by atoms with E-state index >= 15 is 0 Å². The fraction of sp³-hybridized carbons (Fsp3) is 0.562. The number of anilines is 1. The number of benzene rings is 1. The van der Waals surface area contributed by atoms with Crippen molar-refractivity contribution < 1.29 is 13.6 Å². The molecule has 1 amide bonds. The van der Waals surface area contributed by atoms with Gasteiger partial charge in [0.15, 0.2) is 0 Å². The van der Waals surface area contributed by atoms with Gasteiger partial charge in [0, 0.05) is 18.0 Å². The molecule has 21 heavy (non-hydrogen) atoms. The minimum Gasteiger partial charge on any atom is -0.327 e. The molecule has 114 valence electrons. The Morgan fingerprint density at radius 3 is 2.48 bits per heavy atom. The van der Waals surface area contributed by atoms with Crippen molar-refractivity contribution in [3.8, 4) is 0 Å². The summed E-state index contributed by atoms with van der Waals surface area (Å²) in [7, 11) is 0. The fourth-order valence-corrected chi connectivity index (χ4v) is 3.83. The molecule has 0 heterocycles. The molecule has 3 nitrogen and oxygen atoms in total. The molecule has 2 aliphatic carbocycles. The molecule has 3 rings (SSSR count). The molecular weight excluding hydrogens is 274 g/mol. The van der Waals surface area contributed by atoms with Gasteiger partial charge in [-0.3, -0.25) is 4.79 Å². The van der Waals surface area contributed by atoms with E-state index in [1.54, 1.807) is 0 Å². The molecule has 2 unspecified atom stereocenters. The number of amides is 1. The molecular formula is C16H20F2N2O. The van der Waals surface area contributed by atoms with Crippen LogP contribution in [0.5, 0.6) is 0 Å². The summed E-state index contributed by atoms with van der Waals surface area (Å²) >= 11 is 0. The maximum Gasteiger partial charge on any atom is 0.227 e. The minimum absolute atomic E-state index is 0.0430. The van der Waals surface area contributed by atoms with Crippen LogP contribution >= 0.6 is 0 Å². The summed E-state index contributed by atoms with van der Waals surface area (Å²) in [4.78, 5) is 12.3. The van der Waals surface area contributed by atoms with Gasteiger partial charge in [-0.1, -0.05) is 6.42 Å². The summed E-state index contributed by atoms with van der Waals surface area (Å²) in [5.74, 6) is -0.897. The van der Waals surface area contributed by atoms with Gasteiger partial charge >= 0.3 is 0 Å². The van der Waals surface area contributed by atoms with Crippen LogP contribution in [0.4, 0.5) is 14.5 Å². The number of nitrogens with two attached hydrogens (primary N) is 1. The van der Waals surface area contributed by atoms with E-state index < -0.39 is 11.6 Å². The Kier molecular flexibility index (Phi) is 3.93. The third-order valence-corrected chi connectivity index (χ3v) is 4.97. The third kappa shape index (κ3) is 2.93. The van der Waals surface area contributed by atoms with Crippen molar-refractivity contribution in [1.29, 1.82) is 0 Å². The molecule has 0 saturated heterocycles. The standard InChI is InChI=1S/C16H20F2N2O/c17-12-4-5-14(13(18)8-12)20-16(21)11-6-9-2-1-3-10(7-11)15(9)19/h4-5,8-11,15H,1-3,6-7,19H2,(H,20,21). The first-order valence-electron chi connectivity index (χ1n) is 7.56. The molecule has 2 saturated carbocycles. The van der Waals surface area contributed by atoms with E-state index in [1.165, 1.54) is 12.5 Å². The van der Waals surface area contributed by atoms with E-state index in [9.17, 15) is 13.6 Å². The number of hydrogen-bond donors (Lipinski definition) is 2. The van der Waals surface area contributed by atoms with Crippen LogP contribution in [0.15, 0.2) is 18.2 Å². The Hall–Kier alpha value is -1.49. The lowest BCUT2D eigenvalue weighted by molar-refractivity contribution is -0.122. The molecule has 0 spiro atoms. The summed E-state index contributed by atoms with van der Waals surface area (Å²) in [6.07, 6.45) is 4.88. The normalized spacial score (nSPS) is 31.8. The first-order valence-corrected chi connectivity index (χ1v) is 7.56. The molecule has 1 aromatic rings. The van der Waals surface area contributed by atoms with E-state index in [1.807, 2.05) is 0 Å². The van der Waals surface area contributed by atoms with E-state index in [0.29, 0.717) is 11.8 Å². The van der Waals surface area contributed by atoms with Crippen LogP contribution in [0, 0.1) is 29.4 Å². The zero-order valence-electron chi connectivity index (χ0n) is 11.8. The monoisotopic (exact) mass is 294 g/mol. The van der Waals surface area contributed by atoms with E-state index in [2.05, 4.69) is 5.32 Å². The molecule has 0 aliphatic heterocycles. The topological polar surface area (TPSA) is 55.1 Å². The number of carbonyl (C=O) groups excluding carboxylic acids is 1. The van der Waals surface area contributed by atoms with Crippen molar-refractivity contribution in [3.05, 3.63) is 29.8 Å². The van der Waals surface area contributed by atoms with Gasteiger partial charge < -0.3 is 11.1 Å². The lowest BCUT2D eigenvalue weighted by Crippen LogP contribution is -2.48.